The van der Waals surface area contributed by atoms with E-state index in [1.54, 1.807) is 11.0 Å². The first-order valence-electron chi connectivity index (χ1n) is 10.4. The van der Waals surface area contributed by atoms with Crippen molar-refractivity contribution in [1.29, 1.82) is 0 Å². The molecule has 30 heavy (non-hydrogen) atoms. The molecule has 2 amide bonds. The molecule has 1 aliphatic rings. The highest BCUT2D eigenvalue weighted by molar-refractivity contribution is 5.99. The van der Waals surface area contributed by atoms with E-state index in [1.165, 1.54) is 0 Å². The lowest BCUT2D eigenvalue weighted by atomic mass is 9.97. The number of amides is 2. The number of aromatic nitrogens is 1. The molecule has 1 aromatic heterocycles. The number of nitrogens with zero attached hydrogens (tertiary/aromatic N) is 2. The van der Waals surface area contributed by atoms with Gasteiger partial charge < -0.3 is 14.6 Å². The summed E-state index contributed by atoms with van der Waals surface area (Å²) in [6.45, 7) is 6.71. The smallest absolute Gasteiger partial charge is 0.251 e. The summed E-state index contributed by atoms with van der Waals surface area (Å²) >= 11 is 0. The normalized spacial score (nSPS) is 16.0. The van der Waals surface area contributed by atoms with Gasteiger partial charge in [-0.2, -0.15) is 0 Å². The standard InChI is InChI=1S/C24H27N3O3/c1-24(2,3)23-26-18-15-17(12-13-19(18)30-23)25-22(29)21(16-9-5-4-6-10-16)27-14-8-7-11-20(27)28/h4-6,9-10,12-13,15,21H,7-8,11,14H2,1-3H3,(H,25,29). The number of carbonyl (C=O) groups excluding carboxylic acids is 2. The number of likely N-dealkylation sites (tertiary alicyclic amines) is 1. The molecule has 4 rings (SSSR count). The first kappa shape index (κ1) is 20.1. The summed E-state index contributed by atoms with van der Waals surface area (Å²) in [7, 11) is 0. The topological polar surface area (TPSA) is 75.4 Å². The van der Waals surface area contributed by atoms with Gasteiger partial charge in [-0.05, 0) is 36.6 Å². The summed E-state index contributed by atoms with van der Waals surface area (Å²) < 4.78 is 5.84. The van der Waals surface area contributed by atoms with Crippen LogP contribution in [-0.4, -0.2) is 28.2 Å². The Labute approximate surface area is 176 Å². The van der Waals surface area contributed by atoms with E-state index in [0.29, 0.717) is 35.6 Å². The second-order valence-corrected chi connectivity index (χ2v) is 8.80. The van der Waals surface area contributed by atoms with Gasteiger partial charge in [-0.3, -0.25) is 9.59 Å². The van der Waals surface area contributed by atoms with E-state index in [0.717, 1.165) is 18.4 Å². The van der Waals surface area contributed by atoms with Crippen LogP contribution in [0.2, 0.25) is 0 Å². The second-order valence-electron chi connectivity index (χ2n) is 8.80. The number of benzene rings is 2. The molecule has 1 fully saturated rings. The van der Waals surface area contributed by atoms with Crippen molar-refractivity contribution >= 4 is 28.6 Å². The molecule has 0 spiro atoms. The maximum absolute atomic E-state index is 13.3. The zero-order valence-electron chi connectivity index (χ0n) is 17.6. The second kappa shape index (κ2) is 7.94. The SMILES string of the molecule is CC(C)(C)c1nc2cc(NC(=O)C(c3ccccc3)N3CCCCC3=O)ccc2o1. The van der Waals surface area contributed by atoms with Gasteiger partial charge in [0.05, 0.1) is 0 Å². The lowest BCUT2D eigenvalue weighted by Crippen LogP contribution is -2.43. The summed E-state index contributed by atoms with van der Waals surface area (Å²) in [4.78, 5) is 32.1. The number of rotatable bonds is 4. The molecule has 156 valence electrons. The van der Waals surface area contributed by atoms with Gasteiger partial charge in [0.15, 0.2) is 5.58 Å². The van der Waals surface area contributed by atoms with Gasteiger partial charge >= 0.3 is 0 Å². The van der Waals surface area contributed by atoms with Crippen molar-refractivity contribution in [3.8, 4) is 0 Å². The number of anilines is 1. The third-order valence-electron chi connectivity index (χ3n) is 5.33. The zero-order valence-corrected chi connectivity index (χ0v) is 17.6. The molecule has 6 heteroatoms. The molecule has 1 unspecified atom stereocenters. The first-order chi connectivity index (χ1) is 14.3. The minimum absolute atomic E-state index is 0.0204. The van der Waals surface area contributed by atoms with Gasteiger partial charge in [-0.25, -0.2) is 4.98 Å². The van der Waals surface area contributed by atoms with Crippen molar-refractivity contribution in [3.05, 3.63) is 60.0 Å². The monoisotopic (exact) mass is 405 g/mol. The van der Waals surface area contributed by atoms with E-state index < -0.39 is 6.04 Å². The molecule has 1 saturated heterocycles. The Hall–Kier alpha value is -3.15. The summed E-state index contributed by atoms with van der Waals surface area (Å²) in [6.07, 6.45) is 2.26. The number of piperidine rings is 1. The Morgan fingerprint density at radius 1 is 1.13 bits per heavy atom. The lowest BCUT2D eigenvalue weighted by molar-refractivity contribution is -0.141. The fraction of sp³-hybridized carbons (Fsp3) is 0.375. The number of oxazole rings is 1. The summed E-state index contributed by atoms with van der Waals surface area (Å²) in [5, 5.41) is 2.98. The van der Waals surface area contributed by atoms with Crippen LogP contribution in [0.4, 0.5) is 5.69 Å². The average molecular weight is 405 g/mol. The predicted octanol–water partition coefficient (Wildman–Crippen LogP) is 4.82. The van der Waals surface area contributed by atoms with Crippen molar-refractivity contribution in [2.45, 2.75) is 51.5 Å². The number of fused-ring (bicyclic) bond motifs is 1. The van der Waals surface area contributed by atoms with Crippen LogP contribution < -0.4 is 5.32 Å². The van der Waals surface area contributed by atoms with Crippen LogP contribution >= 0.6 is 0 Å². The van der Waals surface area contributed by atoms with Crippen LogP contribution in [0.25, 0.3) is 11.1 Å². The largest absolute Gasteiger partial charge is 0.440 e. The van der Waals surface area contributed by atoms with Crippen LogP contribution in [-0.2, 0) is 15.0 Å². The predicted molar refractivity (Wildman–Crippen MR) is 116 cm³/mol. The van der Waals surface area contributed by atoms with Crippen LogP contribution in [0.3, 0.4) is 0 Å². The summed E-state index contributed by atoms with van der Waals surface area (Å²) in [5.74, 6) is 0.449. The molecule has 1 N–H and O–H groups in total. The van der Waals surface area contributed by atoms with Gasteiger partial charge in [0.2, 0.25) is 11.8 Å². The van der Waals surface area contributed by atoms with Crippen LogP contribution in [0.1, 0.15) is 57.5 Å². The van der Waals surface area contributed by atoms with Crippen LogP contribution in [0.5, 0.6) is 0 Å². The number of nitrogens with one attached hydrogen (secondary N) is 1. The third-order valence-corrected chi connectivity index (χ3v) is 5.33. The average Bonchev–Trinajstić information content (AvgIpc) is 3.14. The first-order valence-corrected chi connectivity index (χ1v) is 10.4. The van der Waals surface area contributed by atoms with Crippen molar-refractivity contribution in [3.63, 3.8) is 0 Å². The van der Waals surface area contributed by atoms with E-state index in [-0.39, 0.29) is 17.2 Å². The highest BCUT2D eigenvalue weighted by Gasteiger charge is 2.32. The molecule has 1 aliphatic heterocycles. The minimum atomic E-state index is -0.655. The van der Waals surface area contributed by atoms with Gasteiger partial charge in [-0.1, -0.05) is 51.1 Å². The van der Waals surface area contributed by atoms with Gasteiger partial charge in [-0.15, -0.1) is 0 Å². The molecule has 3 aromatic rings. The summed E-state index contributed by atoms with van der Waals surface area (Å²) in [5.41, 5.74) is 2.62. The fourth-order valence-corrected chi connectivity index (χ4v) is 3.74. The van der Waals surface area contributed by atoms with Crippen molar-refractivity contribution in [2.75, 3.05) is 11.9 Å². The molecule has 6 nitrogen and oxygen atoms in total. The number of carbonyl (C=O) groups is 2. The lowest BCUT2D eigenvalue weighted by Gasteiger charge is -2.34. The van der Waals surface area contributed by atoms with Crippen LogP contribution in [0.15, 0.2) is 52.9 Å². The molecule has 1 atom stereocenters. The molecular weight excluding hydrogens is 378 g/mol. The van der Waals surface area contributed by atoms with Gasteiger partial charge in [0, 0.05) is 24.1 Å². The Morgan fingerprint density at radius 2 is 1.90 bits per heavy atom. The number of hydrogen-bond donors (Lipinski definition) is 1. The zero-order chi connectivity index (χ0) is 21.3. The van der Waals surface area contributed by atoms with Crippen molar-refractivity contribution in [1.82, 2.24) is 9.88 Å². The quantitative estimate of drug-likeness (QED) is 0.675. The van der Waals surface area contributed by atoms with Crippen LogP contribution in [0, 0.1) is 0 Å². The molecular formula is C24H27N3O3. The Kier molecular flexibility index (Phi) is 5.33. The maximum atomic E-state index is 13.3. The Bertz CT molecular complexity index is 1070. The maximum Gasteiger partial charge on any atom is 0.251 e. The number of hydrogen-bond acceptors (Lipinski definition) is 4. The molecule has 0 saturated carbocycles. The van der Waals surface area contributed by atoms with E-state index in [4.69, 9.17) is 4.42 Å². The Morgan fingerprint density at radius 3 is 2.60 bits per heavy atom. The summed E-state index contributed by atoms with van der Waals surface area (Å²) in [6, 6.07) is 14.2. The van der Waals surface area contributed by atoms with Gasteiger partial charge in [0.1, 0.15) is 11.6 Å². The third kappa shape index (κ3) is 4.08. The minimum Gasteiger partial charge on any atom is -0.440 e. The molecule has 2 aromatic carbocycles. The fourth-order valence-electron chi connectivity index (χ4n) is 3.74. The van der Waals surface area contributed by atoms with Crippen molar-refractivity contribution in [2.24, 2.45) is 0 Å². The van der Waals surface area contributed by atoms with E-state index in [2.05, 4.69) is 10.3 Å². The van der Waals surface area contributed by atoms with E-state index in [1.807, 2.05) is 63.2 Å². The molecule has 0 radical (unpaired) electrons. The molecule has 0 aliphatic carbocycles. The van der Waals surface area contributed by atoms with E-state index >= 15 is 0 Å². The molecule has 2 heterocycles. The van der Waals surface area contributed by atoms with Crippen molar-refractivity contribution < 1.29 is 14.0 Å². The highest BCUT2D eigenvalue weighted by atomic mass is 16.3. The highest BCUT2D eigenvalue weighted by Crippen LogP contribution is 2.29. The van der Waals surface area contributed by atoms with E-state index in [9.17, 15) is 9.59 Å². The van der Waals surface area contributed by atoms with Gasteiger partial charge in [0.25, 0.3) is 5.91 Å². The Balaban J connectivity index is 1.63. The molecule has 0 bridgehead atoms.